The second-order valence-electron chi connectivity index (χ2n) is 3.67. The summed E-state index contributed by atoms with van der Waals surface area (Å²) in [4.78, 5) is 7.33. The molecule has 0 fully saturated rings. The number of nitrogens with one attached hydrogen (secondary N) is 1. The Morgan fingerprint density at radius 1 is 1.39 bits per heavy atom. The molecular weight excluding hydrogens is 301 g/mol. The van der Waals surface area contributed by atoms with E-state index in [-0.39, 0.29) is 34.5 Å². The lowest BCUT2D eigenvalue weighted by molar-refractivity contribution is 0.0913. The van der Waals surface area contributed by atoms with Gasteiger partial charge in [0.1, 0.15) is 11.3 Å². The SMILES string of the molecule is CC(C)OCCS(=O)(=O)Nc1ncnc(Cl)c1Cl. The molecule has 0 aromatic carbocycles. The van der Waals surface area contributed by atoms with Crippen molar-refractivity contribution in [2.75, 3.05) is 17.1 Å². The van der Waals surface area contributed by atoms with E-state index in [2.05, 4.69) is 14.7 Å². The van der Waals surface area contributed by atoms with Crippen molar-refractivity contribution in [2.45, 2.75) is 20.0 Å². The molecule has 1 rings (SSSR count). The first-order valence-corrected chi connectivity index (χ1v) is 7.50. The summed E-state index contributed by atoms with van der Waals surface area (Å²) in [5.74, 6) is -0.232. The van der Waals surface area contributed by atoms with Gasteiger partial charge in [-0.2, -0.15) is 0 Å². The van der Waals surface area contributed by atoms with Crippen molar-refractivity contribution < 1.29 is 13.2 Å². The summed E-state index contributed by atoms with van der Waals surface area (Å²) in [5.41, 5.74) is 0. The van der Waals surface area contributed by atoms with Gasteiger partial charge in [-0.1, -0.05) is 23.2 Å². The molecule has 0 amide bonds. The van der Waals surface area contributed by atoms with E-state index < -0.39 is 10.0 Å². The molecule has 1 N–H and O–H groups in total. The first-order chi connectivity index (χ1) is 8.32. The van der Waals surface area contributed by atoms with Gasteiger partial charge in [-0.25, -0.2) is 18.4 Å². The number of sulfonamides is 1. The van der Waals surface area contributed by atoms with E-state index in [1.54, 1.807) is 0 Å². The minimum Gasteiger partial charge on any atom is -0.378 e. The fourth-order valence-electron chi connectivity index (χ4n) is 1.01. The minimum atomic E-state index is -3.58. The van der Waals surface area contributed by atoms with Crippen LogP contribution >= 0.6 is 23.2 Å². The number of ether oxygens (including phenoxy) is 1. The van der Waals surface area contributed by atoms with E-state index in [1.807, 2.05) is 13.8 Å². The molecule has 0 spiro atoms. The predicted molar refractivity (Wildman–Crippen MR) is 70.5 cm³/mol. The lowest BCUT2D eigenvalue weighted by Gasteiger charge is -2.10. The number of anilines is 1. The Morgan fingerprint density at radius 2 is 2.06 bits per heavy atom. The third-order valence-electron chi connectivity index (χ3n) is 1.80. The monoisotopic (exact) mass is 313 g/mol. The van der Waals surface area contributed by atoms with E-state index in [4.69, 9.17) is 27.9 Å². The van der Waals surface area contributed by atoms with Crippen molar-refractivity contribution in [2.24, 2.45) is 0 Å². The second-order valence-corrected chi connectivity index (χ2v) is 6.25. The Labute approximate surface area is 116 Å². The summed E-state index contributed by atoms with van der Waals surface area (Å²) in [6.07, 6.45) is 1.09. The molecule has 0 unspecified atom stereocenters. The molecule has 0 aliphatic carbocycles. The van der Waals surface area contributed by atoms with Gasteiger partial charge >= 0.3 is 0 Å². The zero-order valence-electron chi connectivity index (χ0n) is 9.85. The van der Waals surface area contributed by atoms with Gasteiger partial charge < -0.3 is 4.74 Å². The van der Waals surface area contributed by atoms with Crippen LogP contribution in [-0.2, 0) is 14.8 Å². The van der Waals surface area contributed by atoms with E-state index >= 15 is 0 Å². The van der Waals surface area contributed by atoms with Crippen LogP contribution in [0.15, 0.2) is 6.33 Å². The maximum Gasteiger partial charge on any atom is 0.236 e. The molecule has 0 saturated carbocycles. The summed E-state index contributed by atoms with van der Waals surface area (Å²) in [5, 5.41) is -0.0460. The molecular formula is C9H13Cl2N3O3S. The van der Waals surface area contributed by atoms with Gasteiger partial charge in [0.25, 0.3) is 0 Å². The molecule has 6 nitrogen and oxygen atoms in total. The minimum absolute atomic E-state index is 0.0113. The van der Waals surface area contributed by atoms with Gasteiger partial charge in [-0.3, -0.25) is 4.72 Å². The normalized spacial score (nSPS) is 11.8. The average molecular weight is 314 g/mol. The predicted octanol–water partition coefficient (Wildman–Crippen LogP) is 1.95. The van der Waals surface area contributed by atoms with Gasteiger partial charge in [0.2, 0.25) is 10.0 Å². The summed E-state index contributed by atoms with van der Waals surface area (Å²) in [7, 11) is -3.58. The number of aromatic nitrogens is 2. The quantitative estimate of drug-likeness (QED) is 0.812. The molecule has 0 aliphatic rings. The zero-order chi connectivity index (χ0) is 13.8. The lowest BCUT2D eigenvalue weighted by Crippen LogP contribution is -2.22. The highest BCUT2D eigenvalue weighted by Gasteiger charge is 2.15. The van der Waals surface area contributed by atoms with Gasteiger partial charge in [0, 0.05) is 0 Å². The summed E-state index contributed by atoms with van der Waals surface area (Å²) < 4.78 is 30.8. The maximum absolute atomic E-state index is 11.7. The number of rotatable bonds is 6. The smallest absolute Gasteiger partial charge is 0.236 e. The van der Waals surface area contributed by atoms with Crippen LogP contribution in [0.25, 0.3) is 0 Å². The van der Waals surface area contributed by atoms with E-state index in [9.17, 15) is 8.42 Å². The van der Waals surface area contributed by atoms with E-state index in [0.717, 1.165) is 6.33 Å². The summed E-state index contributed by atoms with van der Waals surface area (Å²) >= 11 is 11.4. The summed E-state index contributed by atoms with van der Waals surface area (Å²) in [6.45, 7) is 3.73. The van der Waals surface area contributed by atoms with Crippen LogP contribution in [-0.4, -0.2) is 36.8 Å². The van der Waals surface area contributed by atoms with Gasteiger partial charge in [-0.05, 0) is 13.8 Å². The standard InChI is InChI=1S/C9H13Cl2N3O3S/c1-6(2)17-3-4-18(15,16)14-9-7(10)8(11)12-5-13-9/h5-6H,3-4H2,1-2H3,(H,12,13,14). The zero-order valence-corrected chi connectivity index (χ0v) is 12.2. The van der Waals surface area contributed by atoms with Crippen LogP contribution in [0.2, 0.25) is 10.2 Å². The molecule has 1 aromatic rings. The van der Waals surface area contributed by atoms with Crippen molar-refractivity contribution >= 4 is 39.0 Å². The summed E-state index contributed by atoms with van der Waals surface area (Å²) in [6, 6.07) is 0. The van der Waals surface area contributed by atoms with Gasteiger partial charge in [0.05, 0.1) is 18.5 Å². The molecule has 9 heteroatoms. The van der Waals surface area contributed by atoms with Crippen molar-refractivity contribution in [3.8, 4) is 0 Å². The highest BCUT2D eigenvalue weighted by atomic mass is 35.5. The molecule has 1 aromatic heterocycles. The molecule has 0 atom stereocenters. The average Bonchev–Trinajstić information content (AvgIpc) is 2.23. The Kier molecular flexibility index (Phi) is 5.58. The molecule has 0 radical (unpaired) electrons. The van der Waals surface area contributed by atoms with Gasteiger partial charge in [0.15, 0.2) is 11.0 Å². The van der Waals surface area contributed by atoms with Gasteiger partial charge in [-0.15, -0.1) is 0 Å². The van der Waals surface area contributed by atoms with Crippen LogP contribution in [0.4, 0.5) is 5.82 Å². The van der Waals surface area contributed by atoms with Crippen LogP contribution in [0.1, 0.15) is 13.8 Å². The fraction of sp³-hybridized carbons (Fsp3) is 0.556. The third-order valence-corrected chi connectivity index (χ3v) is 3.75. The Hall–Kier alpha value is -0.630. The van der Waals surface area contributed by atoms with Crippen molar-refractivity contribution in [3.63, 3.8) is 0 Å². The van der Waals surface area contributed by atoms with Crippen LogP contribution in [0, 0.1) is 0 Å². The second kappa shape index (κ2) is 6.51. The molecule has 0 saturated heterocycles. The highest BCUT2D eigenvalue weighted by molar-refractivity contribution is 7.92. The van der Waals surface area contributed by atoms with Crippen molar-refractivity contribution in [1.82, 2.24) is 9.97 Å². The number of halogens is 2. The Balaban J connectivity index is 2.68. The van der Waals surface area contributed by atoms with Crippen molar-refractivity contribution in [1.29, 1.82) is 0 Å². The van der Waals surface area contributed by atoms with E-state index in [1.165, 1.54) is 0 Å². The van der Waals surface area contributed by atoms with Crippen LogP contribution < -0.4 is 4.72 Å². The topological polar surface area (TPSA) is 81.2 Å². The Morgan fingerprint density at radius 3 is 2.67 bits per heavy atom. The Bertz CT molecular complexity index is 508. The maximum atomic E-state index is 11.7. The van der Waals surface area contributed by atoms with Crippen LogP contribution in [0.3, 0.4) is 0 Å². The first-order valence-electron chi connectivity index (χ1n) is 5.10. The lowest BCUT2D eigenvalue weighted by atomic mass is 10.5. The van der Waals surface area contributed by atoms with Crippen LogP contribution in [0.5, 0.6) is 0 Å². The largest absolute Gasteiger partial charge is 0.378 e. The first kappa shape index (κ1) is 15.4. The number of hydrogen-bond donors (Lipinski definition) is 1. The number of nitrogens with zero attached hydrogens (tertiary/aromatic N) is 2. The van der Waals surface area contributed by atoms with E-state index in [0.29, 0.717) is 0 Å². The number of hydrogen-bond acceptors (Lipinski definition) is 5. The molecule has 1 heterocycles. The van der Waals surface area contributed by atoms with Crippen molar-refractivity contribution in [3.05, 3.63) is 16.5 Å². The molecule has 0 aliphatic heterocycles. The molecule has 0 bridgehead atoms. The third kappa shape index (κ3) is 4.93. The molecule has 102 valence electrons. The fourth-order valence-corrected chi connectivity index (χ4v) is 2.21. The highest BCUT2D eigenvalue weighted by Crippen LogP contribution is 2.25. The molecule has 18 heavy (non-hydrogen) atoms.